The second kappa shape index (κ2) is 5.43. The Morgan fingerprint density at radius 1 is 1.17 bits per heavy atom. The lowest BCUT2D eigenvalue weighted by Crippen LogP contribution is -2.17. The van der Waals surface area contributed by atoms with Crippen LogP contribution < -0.4 is 10.6 Å². The minimum absolute atomic E-state index is 0.444. The van der Waals surface area contributed by atoms with Crippen LogP contribution in [-0.2, 0) is 0 Å². The lowest BCUT2D eigenvalue weighted by atomic mass is 10.0. The van der Waals surface area contributed by atoms with Crippen molar-refractivity contribution in [2.75, 3.05) is 18.0 Å². The van der Waals surface area contributed by atoms with E-state index in [0.29, 0.717) is 11.2 Å². The topological polar surface area (TPSA) is 75.0 Å². The molecule has 1 saturated heterocycles. The smallest absolute Gasteiger partial charge is 0.250 e. The van der Waals surface area contributed by atoms with Crippen molar-refractivity contribution in [1.29, 1.82) is 0 Å². The monoisotopic (exact) mass is 306 g/mol. The maximum absolute atomic E-state index is 11.5. The van der Waals surface area contributed by atoms with Gasteiger partial charge in [-0.15, -0.1) is 0 Å². The van der Waals surface area contributed by atoms with Crippen molar-refractivity contribution < 1.29 is 4.79 Å². The molecule has 1 aromatic carbocycles. The largest absolute Gasteiger partial charge is 0.372 e. The van der Waals surface area contributed by atoms with E-state index in [1.54, 1.807) is 6.20 Å². The van der Waals surface area contributed by atoms with E-state index in [1.165, 1.54) is 18.5 Å². The number of pyridine rings is 1. The molecule has 1 aliphatic heterocycles. The molecule has 0 saturated carbocycles. The van der Waals surface area contributed by atoms with Gasteiger partial charge in [0.05, 0.1) is 5.56 Å². The van der Waals surface area contributed by atoms with E-state index in [2.05, 4.69) is 39.1 Å². The molecule has 5 nitrogen and oxygen atoms in total. The summed E-state index contributed by atoms with van der Waals surface area (Å²) in [7, 11) is 0. The molecule has 0 unspecified atom stereocenters. The quantitative estimate of drug-likeness (QED) is 0.781. The fourth-order valence-corrected chi connectivity index (χ4v) is 3.22. The van der Waals surface area contributed by atoms with Crippen LogP contribution in [0, 0.1) is 0 Å². The number of amides is 1. The molecule has 1 aliphatic rings. The van der Waals surface area contributed by atoms with Gasteiger partial charge in [0.1, 0.15) is 5.65 Å². The highest BCUT2D eigenvalue weighted by molar-refractivity contribution is 6.05. The molecule has 116 valence electrons. The second-order valence-electron chi connectivity index (χ2n) is 5.93. The van der Waals surface area contributed by atoms with E-state index in [9.17, 15) is 4.79 Å². The van der Waals surface area contributed by atoms with Gasteiger partial charge < -0.3 is 15.6 Å². The normalized spacial score (nSPS) is 14.5. The summed E-state index contributed by atoms with van der Waals surface area (Å²) >= 11 is 0. The predicted molar refractivity (Wildman–Crippen MR) is 91.5 cm³/mol. The van der Waals surface area contributed by atoms with Gasteiger partial charge in [-0.25, -0.2) is 4.98 Å². The van der Waals surface area contributed by atoms with Crippen LogP contribution in [-0.4, -0.2) is 29.0 Å². The number of benzene rings is 1. The molecule has 3 aromatic rings. The van der Waals surface area contributed by atoms with Crippen molar-refractivity contribution in [3.63, 3.8) is 0 Å². The Kier molecular flexibility index (Phi) is 3.26. The van der Waals surface area contributed by atoms with Crippen molar-refractivity contribution in [2.45, 2.75) is 12.8 Å². The zero-order valence-corrected chi connectivity index (χ0v) is 12.7. The zero-order chi connectivity index (χ0) is 15.8. The fourth-order valence-electron chi connectivity index (χ4n) is 3.22. The summed E-state index contributed by atoms with van der Waals surface area (Å²) in [6.45, 7) is 2.23. The first-order valence-electron chi connectivity index (χ1n) is 7.85. The van der Waals surface area contributed by atoms with Gasteiger partial charge in [0.25, 0.3) is 5.91 Å². The van der Waals surface area contributed by atoms with Crippen LogP contribution in [0.2, 0.25) is 0 Å². The molecule has 0 atom stereocenters. The van der Waals surface area contributed by atoms with Crippen molar-refractivity contribution in [3.05, 3.63) is 48.3 Å². The van der Waals surface area contributed by atoms with Crippen LogP contribution in [0.1, 0.15) is 23.2 Å². The van der Waals surface area contributed by atoms with Gasteiger partial charge in [0.15, 0.2) is 0 Å². The molecule has 0 radical (unpaired) electrons. The van der Waals surface area contributed by atoms with E-state index in [1.807, 2.05) is 12.3 Å². The van der Waals surface area contributed by atoms with Crippen LogP contribution in [0.15, 0.2) is 42.7 Å². The molecule has 0 aliphatic carbocycles. The van der Waals surface area contributed by atoms with Crippen LogP contribution in [0.5, 0.6) is 0 Å². The highest BCUT2D eigenvalue weighted by atomic mass is 16.1. The van der Waals surface area contributed by atoms with E-state index in [0.717, 1.165) is 29.6 Å². The predicted octanol–water partition coefficient (Wildman–Crippen LogP) is 2.93. The molecule has 1 fully saturated rings. The zero-order valence-electron chi connectivity index (χ0n) is 12.7. The lowest BCUT2D eigenvalue weighted by Gasteiger charge is -2.18. The maximum Gasteiger partial charge on any atom is 0.250 e. The molecule has 0 bridgehead atoms. The second-order valence-corrected chi connectivity index (χ2v) is 5.93. The molecule has 0 spiro atoms. The summed E-state index contributed by atoms with van der Waals surface area (Å²) in [5, 5.41) is 0.765. The fraction of sp³-hybridized carbons (Fsp3) is 0.222. The molecular weight excluding hydrogens is 288 g/mol. The average Bonchev–Trinajstić information content (AvgIpc) is 3.24. The van der Waals surface area contributed by atoms with Crippen LogP contribution >= 0.6 is 0 Å². The third kappa shape index (κ3) is 2.44. The van der Waals surface area contributed by atoms with Crippen molar-refractivity contribution in [2.24, 2.45) is 5.73 Å². The summed E-state index contributed by atoms with van der Waals surface area (Å²) in [4.78, 5) is 21.3. The highest BCUT2D eigenvalue weighted by Crippen LogP contribution is 2.29. The number of carbonyl (C=O) groups excluding carboxylic acids is 1. The first kappa shape index (κ1) is 13.8. The van der Waals surface area contributed by atoms with Crippen LogP contribution in [0.25, 0.3) is 22.2 Å². The Balaban J connectivity index is 1.77. The maximum atomic E-state index is 11.5. The van der Waals surface area contributed by atoms with Crippen LogP contribution in [0.3, 0.4) is 0 Å². The number of nitrogens with zero attached hydrogens (tertiary/aromatic N) is 2. The number of rotatable bonds is 3. The number of nitrogens with one attached hydrogen (secondary N) is 1. The molecule has 5 heteroatoms. The number of carbonyl (C=O) groups is 1. The summed E-state index contributed by atoms with van der Waals surface area (Å²) < 4.78 is 0. The molecule has 3 heterocycles. The van der Waals surface area contributed by atoms with Crippen molar-refractivity contribution in [3.8, 4) is 11.1 Å². The summed E-state index contributed by atoms with van der Waals surface area (Å²) in [6, 6.07) is 10.4. The Morgan fingerprint density at radius 3 is 2.78 bits per heavy atom. The number of anilines is 1. The number of nitrogens with two attached hydrogens (primary N) is 1. The van der Waals surface area contributed by atoms with Gasteiger partial charge in [0.2, 0.25) is 0 Å². The molecule has 2 aromatic heterocycles. The SMILES string of the molecule is NC(=O)c1c[nH]c2ncc(-c3cccc(N4CCCC4)c3)cc12. The highest BCUT2D eigenvalue weighted by Gasteiger charge is 2.14. The summed E-state index contributed by atoms with van der Waals surface area (Å²) in [5.41, 5.74) is 9.91. The van der Waals surface area contributed by atoms with E-state index < -0.39 is 5.91 Å². The first-order chi connectivity index (χ1) is 11.2. The van der Waals surface area contributed by atoms with E-state index in [4.69, 9.17) is 5.73 Å². The summed E-state index contributed by atoms with van der Waals surface area (Å²) in [5.74, 6) is -0.444. The lowest BCUT2D eigenvalue weighted by molar-refractivity contribution is 0.100. The molecule has 4 rings (SSSR count). The molecule has 1 amide bonds. The number of fused-ring (bicyclic) bond motifs is 1. The number of hydrogen-bond donors (Lipinski definition) is 2. The Bertz CT molecular complexity index is 878. The number of aromatic amines is 1. The van der Waals surface area contributed by atoms with Crippen molar-refractivity contribution >= 4 is 22.6 Å². The third-order valence-electron chi connectivity index (χ3n) is 4.45. The van der Waals surface area contributed by atoms with Gasteiger partial charge >= 0.3 is 0 Å². The Labute approximate surface area is 134 Å². The van der Waals surface area contributed by atoms with E-state index >= 15 is 0 Å². The van der Waals surface area contributed by atoms with Crippen LogP contribution in [0.4, 0.5) is 5.69 Å². The first-order valence-corrected chi connectivity index (χ1v) is 7.85. The van der Waals surface area contributed by atoms with Gasteiger partial charge in [-0.1, -0.05) is 12.1 Å². The average molecular weight is 306 g/mol. The molecule has 23 heavy (non-hydrogen) atoms. The minimum Gasteiger partial charge on any atom is -0.372 e. The number of aromatic nitrogens is 2. The van der Waals surface area contributed by atoms with Gasteiger partial charge in [-0.3, -0.25) is 4.79 Å². The van der Waals surface area contributed by atoms with Gasteiger partial charge in [-0.2, -0.15) is 0 Å². The molecular formula is C18H18N4O. The molecule has 3 N–H and O–H groups in total. The number of H-pyrrole nitrogens is 1. The number of hydrogen-bond acceptors (Lipinski definition) is 3. The Hall–Kier alpha value is -2.82. The third-order valence-corrected chi connectivity index (χ3v) is 4.45. The van der Waals surface area contributed by atoms with Crippen molar-refractivity contribution in [1.82, 2.24) is 9.97 Å². The summed E-state index contributed by atoms with van der Waals surface area (Å²) in [6.07, 6.45) is 5.95. The van der Waals surface area contributed by atoms with Gasteiger partial charge in [0, 0.05) is 42.1 Å². The Morgan fingerprint density at radius 2 is 2.00 bits per heavy atom. The number of primary amides is 1. The minimum atomic E-state index is -0.444. The van der Waals surface area contributed by atoms with E-state index in [-0.39, 0.29) is 0 Å². The van der Waals surface area contributed by atoms with Gasteiger partial charge in [-0.05, 0) is 36.6 Å². The standard InChI is InChI=1S/C18H18N4O/c19-17(23)16-11-21-18-15(16)9-13(10-20-18)12-4-3-5-14(8-12)22-6-1-2-7-22/h3-5,8-11H,1-2,6-7H2,(H2,19,23)(H,20,21).